The first-order chi connectivity index (χ1) is 7.56. The molecule has 0 saturated carbocycles. The first-order valence-corrected chi connectivity index (χ1v) is 6.22. The lowest BCUT2D eigenvalue weighted by atomic mass is 10.0. The van der Waals surface area contributed by atoms with Crippen LogP contribution in [0, 0.1) is 12.8 Å². The summed E-state index contributed by atoms with van der Waals surface area (Å²) >= 11 is 0. The molecule has 90 valence electrons. The van der Waals surface area contributed by atoms with Crippen LogP contribution in [-0.4, -0.2) is 26.8 Å². The first-order valence-electron chi connectivity index (χ1n) is 6.22. The molecule has 2 rings (SSSR count). The van der Waals surface area contributed by atoms with Crippen molar-refractivity contribution in [1.29, 1.82) is 0 Å². The zero-order valence-corrected chi connectivity index (χ0v) is 10.7. The quantitative estimate of drug-likeness (QED) is 0.843. The second-order valence-corrected chi connectivity index (χ2v) is 5.19. The SMILES string of the molecule is Cc1nc2n(n1)CC(NC(C)C(C)C)CC2. The maximum Gasteiger partial charge on any atom is 0.147 e. The van der Waals surface area contributed by atoms with Crippen LogP contribution in [0.15, 0.2) is 0 Å². The van der Waals surface area contributed by atoms with E-state index in [9.17, 15) is 0 Å². The largest absolute Gasteiger partial charge is 0.309 e. The van der Waals surface area contributed by atoms with Gasteiger partial charge in [0.05, 0.1) is 6.54 Å². The Hall–Kier alpha value is -0.900. The van der Waals surface area contributed by atoms with Gasteiger partial charge in [-0.15, -0.1) is 0 Å². The number of hydrogen-bond acceptors (Lipinski definition) is 3. The Morgan fingerprint density at radius 1 is 1.38 bits per heavy atom. The minimum absolute atomic E-state index is 0.547. The molecular weight excluding hydrogens is 200 g/mol. The number of hydrogen-bond donors (Lipinski definition) is 1. The van der Waals surface area contributed by atoms with E-state index in [0.717, 1.165) is 24.6 Å². The maximum atomic E-state index is 4.42. The fraction of sp³-hybridized carbons (Fsp3) is 0.833. The Morgan fingerprint density at radius 2 is 2.12 bits per heavy atom. The molecule has 1 aromatic rings. The van der Waals surface area contributed by atoms with E-state index >= 15 is 0 Å². The van der Waals surface area contributed by atoms with E-state index in [4.69, 9.17) is 0 Å². The predicted octanol–water partition coefficient (Wildman–Crippen LogP) is 1.54. The number of fused-ring (bicyclic) bond motifs is 1. The molecule has 4 heteroatoms. The van der Waals surface area contributed by atoms with Crippen molar-refractivity contribution in [2.24, 2.45) is 5.92 Å². The normalized spacial score (nSPS) is 22.2. The molecule has 1 N–H and O–H groups in total. The molecule has 1 aromatic heterocycles. The van der Waals surface area contributed by atoms with Crippen molar-refractivity contribution >= 4 is 0 Å². The van der Waals surface area contributed by atoms with E-state index in [1.165, 1.54) is 6.42 Å². The Morgan fingerprint density at radius 3 is 2.81 bits per heavy atom. The molecule has 1 aliphatic heterocycles. The van der Waals surface area contributed by atoms with E-state index in [-0.39, 0.29) is 0 Å². The van der Waals surface area contributed by atoms with Gasteiger partial charge in [-0.25, -0.2) is 9.67 Å². The molecule has 2 atom stereocenters. The van der Waals surface area contributed by atoms with Crippen molar-refractivity contribution in [3.8, 4) is 0 Å². The highest BCUT2D eigenvalue weighted by molar-refractivity contribution is 4.97. The molecule has 0 amide bonds. The third-order valence-corrected chi connectivity index (χ3v) is 3.46. The summed E-state index contributed by atoms with van der Waals surface area (Å²) in [6, 6.07) is 1.11. The molecule has 16 heavy (non-hydrogen) atoms. The van der Waals surface area contributed by atoms with Gasteiger partial charge in [0, 0.05) is 18.5 Å². The zero-order valence-electron chi connectivity index (χ0n) is 10.7. The highest BCUT2D eigenvalue weighted by Crippen LogP contribution is 2.14. The fourth-order valence-corrected chi connectivity index (χ4v) is 2.13. The van der Waals surface area contributed by atoms with Crippen LogP contribution >= 0.6 is 0 Å². The Balaban J connectivity index is 1.97. The monoisotopic (exact) mass is 222 g/mol. The van der Waals surface area contributed by atoms with Crippen LogP contribution in [0.2, 0.25) is 0 Å². The van der Waals surface area contributed by atoms with Crippen LogP contribution in [-0.2, 0) is 13.0 Å². The second kappa shape index (κ2) is 4.53. The van der Waals surface area contributed by atoms with Gasteiger partial charge in [-0.2, -0.15) is 5.10 Å². The van der Waals surface area contributed by atoms with Crippen LogP contribution in [0.5, 0.6) is 0 Å². The Bertz CT molecular complexity index is 356. The van der Waals surface area contributed by atoms with Crippen molar-refractivity contribution < 1.29 is 0 Å². The van der Waals surface area contributed by atoms with Gasteiger partial charge in [0.25, 0.3) is 0 Å². The molecule has 0 fully saturated rings. The van der Waals surface area contributed by atoms with Crippen LogP contribution in [0.4, 0.5) is 0 Å². The number of nitrogens with zero attached hydrogens (tertiary/aromatic N) is 3. The molecular formula is C12H22N4. The standard InChI is InChI=1S/C12H22N4/c1-8(2)9(3)13-11-5-6-12-14-10(4)15-16(12)7-11/h8-9,11,13H,5-7H2,1-4H3. The second-order valence-electron chi connectivity index (χ2n) is 5.19. The summed E-state index contributed by atoms with van der Waals surface area (Å²) in [5.41, 5.74) is 0. The summed E-state index contributed by atoms with van der Waals surface area (Å²) in [6.45, 7) is 9.70. The first kappa shape index (κ1) is 11.6. The molecule has 2 unspecified atom stereocenters. The average Bonchev–Trinajstić information content (AvgIpc) is 2.57. The summed E-state index contributed by atoms with van der Waals surface area (Å²) in [5, 5.41) is 8.10. The van der Waals surface area contributed by atoms with Crippen molar-refractivity contribution in [2.75, 3.05) is 0 Å². The molecule has 1 aliphatic rings. The molecule has 4 nitrogen and oxygen atoms in total. The number of aromatic nitrogens is 3. The van der Waals surface area contributed by atoms with E-state index in [1.807, 2.05) is 6.92 Å². The van der Waals surface area contributed by atoms with Gasteiger partial charge in [0.1, 0.15) is 11.6 Å². The van der Waals surface area contributed by atoms with Gasteiger partial charge in [-0.3, -0.25) is 0 Å². The van der Waals surface area contributed by atoms with E-state index < -0.39 is 0 Å². The highest BCUT2D eigenvalue weighted by atomic mass is 15.4. The van der Waals surface area contributed by atoms with Gasteiger partial charge in [-0.05, 0) is 26.2 Å². The molecule has 2 heterocycles. The smallest absolute Gasteiger partial charge is 0.147 e. The molecule has 0 aromatic carbocycles. The summed E-state index contributed by atoms with van der Waals surface area (Å²) < 4.78 is 2.06. The molecule has 0 aliphatic carbocycles. The zero-order chi connectivity index (χ0) is 11.7. The van der Waals surface area contributed by atoms with Crippen LogP contribution in [0.3, 0.4) is 0 Å². The third-order valence-electron chi connectivity index (χ3n) is 3.46. The van der Waals surface area contributed by atoms with E-state index in [1.54, 1.807) is 0 Å². The van der Waals surface area contributed by atoms with Gasteiger partial charge in [0.15, 0.2) is 0 Å². The number of rotatable bonds is 3. The minimum Gasteiger partial charge on any atom is -0.309 e. The lowest BCUT2D eigenvalue weighted by Gasteiger charge is -2.28. The van der Waals surface area contributed by atoms with Gasteiger partial charge >= 0.3 is 0 Å². The molecule has 0 bridgehead atoms. The predicted molar refractivity (Wildman–Crippen MR) is 64.3 cm³/mol. The van der Waals surface area contributed by atoms with Crippen molar-refractivity contribution in [1.82, 2.24) is 20.1 Å². The van der Waals surface area contributed by atoms with Gasteiger partial charge in [0.2, 0.25) is 0 Å². The van der Waals surface area contributed by atoms with E-state index in [0.29, 0.717) is 18.0 Å². The fourth-order valence-electron chi connectivity index (χ4n) is 2.13. The summed E-state index contributed by atoms with van der Waals surface area (Å²) in [4.78, 5) is 4.42. The van der Waals surface area contributed by atoms with Crippen LogP contribution in [0.25, 0.3) is 0 Å². The Labute approximate surface area is 97.5 Å². The van der Waals surface area contributed by atoms with Crippen molar-refractivity contribution in [2.45, 2.75) is 59.2 Å². The minimum atomic E-state index is 0.547. The van der Waals surface area contributed by atoms with Crippen molar-refractivity contribution in [3.63, 3.8) is 0 Å². The lowest BCUT2D eigenvalue weighted by molar-refractivity contribution is 0.301. The number of aryl methyl sites for hydroxylation is 2. The van der Waals surface area contributed by atoms with E-state index in [2.05, 4.69) is 40.9 Å². The average molecular weight is 222 g/mol. The van der Waals surface area contributed by atoms with Gasteiger partial charge in [-0.1, -0.05) is 13.8 Å². The van der Waals surface area contributed by atoms with Gasteiger partial charge < -0.3 is 5.32 Å². The number of nitrogens with one attached hydrogen (secondary N) is 1. The summed E-state index contributed by atoms with van der Waals surface area (Å²) in [6.07, 6.45) is 2.22. The van der Waals surface area contributed by atoms with Crippen molar-refractivity contribution in [3.05, 3.63) is 11.6 Å². The summed E-state index contributed by atoms with van der Waals surface area (Å²) in [7, 11) is 0. The van der Waals surface area contributed by atoms with Crippen LogP contribution in [0.1, 0.15) is 38.8 Å². The lowest BCUT2D eigenvalue weighted by Crippen LogP contribution is -2.44. The summed E-state index contributed by atoms with van der Waals surface area (Å²) in [5.74, 6) is 2.72. The maximum absolute atomic E-state index is 4.42. The molecule has 0 radical (unpaired) electrons. The molecule has 0 saturated heterocycles. The molecule has 0 spiro atoms. The topological polar surface area (TPSA) is 42.7 Å². The third kappa shape index (κ3) is 2.43. The highest BCUT2D eigenvalue weighted by Gasteiger charge is 2.22. The Kier molecular flexibility index (Phi) is 3.28. The van der Waals surface area contributed by atoms with Crippen LogP contribution < -0.4 is 5.32 Å².